The molecule has 1 aliphatic carbocycles. The highest BCUT2D eigenvalue weighted by Gasteiger charge is 2.23. The first-order valence-electron chi connectivity index (χ1n) is 9.39. The molecule has 0 spiro atoms. The number of primary amides is 1. The largest absolute Gasteiger partial charge is 0.365 e. The van der Waals surface area contributed by atoms with E-state index in [4.69, 9.17) is 11.5 Å². The molecule has 11 nitrogen and oxygen atoms in total. The van der Waals surface area contributed by atoms with Crippen molar-refractivity contribution in [2.45, 2.75) is 37.8 Å². The Hall–Kier alpha value is -3.60. The van der Waals surface area contributed by atoms with Crippen molar-refractivity contribution in [3.05, 3.63) is 42.4 Å². The Labute approximate surface area is 166 Å². The summed E-state index contributed by atoms with van der Waals surface area (Å²) >= 11 is 0. The molecule has 1 saturated carbocycles. The van der Waals surface area contributed by atoms with Crippen LogP contribution < -0.4 is 22.1 Å². The lowest BCUT2D eigenvalue weighted by atomic mass is 9.91. The number of nitrogens with two attached hydrogens (primary N) is 2. The maximum atomic E-state index is 11.8. The summed E-state index contributed by atoms with van der Waals surface area (Å²) in [7, 11) is 0. The van der Waals surface area contributed by atoms with E-state index < -0.39 is 5.91 Å². The summed E-state index contributed by atoms with van der Waals surface area (Å²) in [5.41, 5.74) is 13.3. The first-order valence-corrected chi connectivity index (χ1v) is 9.39. The fourth-order valence-electron chi connectivity index (χ4n) is 3.36. The number of hydrogen-bond acceptors (Lipinski definition) is 9. The van der Waals surface area contributed by atoms with Crippen LogP contribution in [-0.4, -0.2) is 48.2 Å². The van der Waals surface area contributed by atoms with Gasteiger partial charge in [-0.15, -0.1) is 15.0 Å². The second-order valence-corrected chi connectivity index (χ2v) is 6.92. The van der Waals surface area contributed by atoms with Crippen LogP contribution in [0.2, 0.25) is 0 Å². The number of aromatic nitrogens is 6. The highest BCUT2D eigenvalue weighted by Crippen LogP contribution is 2.23. The van der Waals surface area contributed by atoms with Gasteiger partial charge in [0.1, 0.15) is 11.4 Å². The van der Waals surface area contributed by atoms with E-state index >= 15 is 0 Å². The second kappa shape index (κ2) is 8.19. The van der Waals surface area contributed by atoms with Crippen molar-refractivity contribution >= 4 is 23.4 Å². The van der Waals surface area contributed by atoms with Crippen molar-refractivity contribution in [3.63, 3.8) is 0 Å². The van der Waals surface area contributed by atoms with Crippen LogP contribution in [0.25, 0.3) is 5.69 Å². The number of tetrazole rings is 1. The molecule has 150 valence electrons. The predicted molar refractivity (Wildman–Crippen MR) is 107 cm³/mol. The van der Waals surface area contributed by atoms with Crippen molar-refractivity contribution in [1.82, 2.24) is 30.2 Å². The summed E-state index contributed by atoms with van der Waals surface area (Å²) in [5.74, 6) is 0.0829. The van der Waals surface area contributed by atoms with E-state index in [1.807, 2.05) is 18.2 Å². The van der Waals surface area contributed by atoms with Gasteiger partial charge < -0.3 is 22.1 Å². The molecule has 1 fully saturated rings. The number of rotatable bonds is 6. The maximum absolute atomic E-state index is 11.8. The monoisotopic (exact) mass is 394 g/mol. The fraction of sp³-hybridized carbons (Fsp3) is 0.333. The first kappa shape index (κ1) is 18.7. The van der Waals surface area contributed by atoms with Crippen molar-refractivity contribution in [2.24, 2.45) is 11.5 Å². The number of nitrogens with one attached hydrogen (secondary N) is 2. The van der Waals surface area contributed by atoms with Gasteiger partial charge in [-0.2, -0.15) is 4.98 Å². The van der Waals surface area contributed by atoms with Gasteiger partial charge in [0, 0.05) is 24.0 Å². The minimum Gasteiger partial charge on any atom is -0.365 e. The number of hydrogen-bond donors (Lipinski definition) is 4. The summed E-state index contributed by atoms with van der Waals surface area (Å²) in [6, 6.07) is 7.44. The van der Waals surface area contributed by atoms with Crippen molar-refractivity contribution < 1.29 is 4.79 Å². The van der Waals surface area contributed by atoms with E-state index in [0.717, 1.165) is 25.7 Å². The second-order valence-electron chi connectivity index (χ2n) is 6.92. The zero-order valence-electron chi connectivity index (χ0n) is 15.7. The summed E-state index contributed by atoms with van der Waals surface area (Å²) < 4.78 is 0. The summed E-state index contributed by atoms with van der Waals surface area (Å²) in [6.45, 7) is 0. The lowest BCUT2D eigenvalue weighted by Crippen LogP contribution is -2.43. The van der Waals surface area contributed by atoms with Crippen molar-refractivity contribution in [1.29, 1.82) is 0 Å². The zero-order chi connectivity index (χ0) is 20.2. The first-order chi connectivity index (χ1) is 14.1. The average molecular weight is 394 g/mol. The average Bonchev–Trinajstić information content (AvgIpc) is 3.25. The summed E-state index contributed by atoms with van der Waals surface area (Å²) in [4.78, 5) is 21.9. The van der Waals surface area contributed by atoms with Crippen LogP contribution in [0.5, 0.6) is 0 Å². The zero-order valence-corrected chi connectivity index (χ0v) is 15.7. The van der Waals surface area contributed by atoms with E-state index in [1.54, 1.807) is 6.07 Å². The summed E-state index contributed by atoms with van der Waals surface area (Å²) in [6.07, 6.45) is 6.92. The molecule has 11 heteroatoms. The molecule has 4 rings (SSSR count). The third-order valence-corrected chi connectivity index (χ3v) is 4.88. The van der Waals surface area contributed by atoms with E-state index in [0.29, 0.717) is 23.1 Å². The Morgan fingerprint density at radius 3 is 2.86 bits per heavy atom. The summed E-state index contributed by atoms with van der Waals surface area (Å²) in [5, 5.41) is 18.0. The number of benzene rings is 1. The predicted octanol–water partition coefficient (Wildman–Crippen LogP) is 0.977. The van der Waals surface area contributed by atoms with Crippen LogP contribution in [0.4, 0.5) is 17.5 Å². The molecule has 0 bridgehead atoms. The molecule has 0 radical (unpaired) electrons. The lowest BCUT2D eigenvalue weighted by Gasteiger charge is -2.29. The Morgan fingerprint density at radius 2 is 2.10 bits per heavy atom. The van der Waals surface area contributed by atoms with Gasteiger partial charge >= 0.3 is 0 Å². The van der Waals surface area contributed by atoms with Gasteiger partial charge in [-0.1, -0.05) is 18.9 Å². The molecular weight excluding hydrogens is 372 g/mol. The maximum Gasteiger partial charge on any atom is 0.254 e. The number of anilines is 3. The molecular formula is C18H22N10O. The highest BCUT2D eigenvalue weighted by molar-refractivity contribution is 5.98. The molecule has 1 aromatic carbocycles. The van der Waals surface area contributed by atoms with Gasteiger partial charge in [0.25, 0.3) is 5.91 Å². The molecule has 2 aromatic heterocycles. The molecule has 0 saturated heterocycles. The normalized spacial score (nSPS) is 18.9. The van der Waals surface area contributed by atoms with Gasteiger partial charge in [0.05, 0.1) is 5.69 Å². The Kier molecular flexibility index (Phi) is 5.29. The lowest BCUT2D eigenvalue weighted by molar-refractivity contribution is 0.100. The van der Waals surface area contributed by atoms with Gasteiger partial charge in [-0.05, 0) is 36.3 Å². The highest BCUT2D eigenvalue weighted by atomic mass is 16.1. The molecule has 1 aliphatic rings. The minimum absolute atomic E-state index is 0.0476. The van der Waals surface area contributed by atoms with Crippen LogP contribution >= 0.6 is 0 Å². The van der Waals surface area contributed by atoms with Crippen LogP contribution in [0.1, 0.15) is 36.0 Å². The van der Waals surface area contributed by atoms with E-state index in [9.17, 15) is 4.79 Å². The molecule has 2 atom stereocenters. The number of carbonyl (C=O) groups is 1. The van der Waals surface area contributed by atoms with Gasteiger partial charge in [-0.3, -0.25) is 4.79 Å². The molecule has 1 amide bonds. The molecule has 0 unspecified atom stereocenters. The van der Waals surface area contributed by atoms with E-state index in [1.165, 1.54) is 17.3 Å². The Bertz CT molecular complexity index is 990. The SMILES string of the molecule is NC(=O)c1cnc(N[C@@H]2CCCC[C@@H]2N)nc1Nc1cccc(-n2ncnn2)c1. The Balaban J connectivity index is 1.60. The third-order valence-electron chi connectivity index (χ3n) is 4.88. The minimum atomic E-state index is -0.623. The van der Waals surface area contributed by atoms with Crippen LogP contribution in [0.15, 0.2) is 36.8 Å². The van der Waals surface area contributed by atoms with E-state index in [-0.39, 0.29) is 17.6 Å². The Morgan fingerprint density at radius 1 is 1.24 bits per heavy atom. The topological polar surface area (TPSA) is 163 Å². The molecule has 0 aliphatic heterocycles. The number of nitrogens with zero attached hydrogens (tertiary/aromatic N) is 6. The smallest absolute Gasteiger partial charge is 0.254 e. The molecule has 6 N–H and O–H groups in total. The van der Waals surface area contributed by atoms with Gasteiger partial charge in [-0.25, -0.2) is 4.98 Å². The van der Waals surface area contributed by atoms with Crippen molar-refractivity contribution in [3.8, 4) is 5.69 Å². The quantitative estimate of drug-likeness (QED) is 0.477. The van der Waals surface area contributed by atoms with Crippen LogP contribution in [0.3, 0.4) is 0 Å². The van der Waals surface area contributed by atoms with Crippen LogP contribution in [-0.2, 0) is 0 Å². The fourth-order valence-corrected chi connectivity index (χ4v) is 3.36. The number of amides is 1. The number of carbonyl (C=O) groups excluding carboxylic acids is 1. The van der Waals surface area contributed by atoms with Crippen molar-refractivity contribution in [2.75, 3.05) is 10.6 Å². The molecule has 3 aromatic rings. The standard InChI is InChI=1S/C18H22N10O/c19-14-6-1-2-7-15(14)25-18-21-9-13(16(20)29)17(26-18)24-11-4-3-5-12(8-11)28-23-10-22-27-28/h3-5,8-10,14-15H,1-2,6-7,19H2,(H2,20,29)(H2,21,24,25,26)/t14-,15+/m0/s1. The van der Waals surface area contributed by atoms with Gasteiger partial charge in [0.15, 0.2) is 6.33 Å². The molecule has 29 heavy (non-hydrogen) atoms. The van der Waals surface area contributed by atoms with Gasteiger partial charge in [0.2, 0.25) is 5.95 Å². The molecule has 2 heterocycles. The third kappa shape index (κ3) is 4.29. The van der Waals surface area contributed by atoms with Crippen LogP contribution in [0, 0.1) is 0 Å². The van der Waals surface area contributed by atoms with E-state index in [2.05, 4.69) is 36.0 Å².